The lowest BCUT2D eigenvalue weighted by Gasteiger charge is -2.19. The number of carbonyl (C=O) groups excluding carboxylic acids is 2. The van der Waals surface area contributed by atoms with Gasteiger partial charge in [0.15, 0.2) is 5.84 Å². The summed E-state index contributed by atoms with van der Waals surface area (Å²) in [6, 6.07) is 5.51. The number of hydrogen-bond acceptors (Lipinski definition) is 5. The van der Waals surface area contributed by atoms with E-state index in [0.717, 1.165) is 11.3 Å². The molecule has 8 nitrogen and oxygen atoms in total. The summed E-state index contributed by atoms with van der Waals surface area (Å²) in [7, 11) is 1.45. The van der Waals surface area contributed by atoms with E-state index in [4.69, 9.17) is 9.57 Å². The van der Waals surface area contributed by atoms with Crippen molar-refractivity contribution in [1.29, 1.82) is 0 Å². The van der Waals surface area contributed by atoms with Crippen LogP contribution in [0.2, 0.25) is 0 Å². The number of amides is 2. The van der Waals surface area contributed by atoms with Gasteiger partial charge in [0, 0.05) is 24.7 Å². The number of carbonyl (C=O) groups is 2. The fourth-order valence-electron chi connectivity index (χ4n) is 3.17. The van der Waals surface area contributed by atoms with E-state index in [9.17, 15) is 14.0 Å². The Bertz CT molecular complexity index is 739. The summed E-state index contributed by atoms with van der Waals surface area (Å²) in [6.07, 6.45) is -0.354. The van der Waals surface area contributed by atoms with E-state index in [2.05, 4.69) is 10.5 Å². The maximum absolute atomic E-state index is 12.9. The zero-order valence-corrected chi connectivity index (χ0v) is 14.7. The highest BCUT2D eigenvalue weighted by Gasteiger charge is 2.34. The van der Waals surface area contributed by atoms with Crippen LogP contribution in [-0.4, -0.2) is 57.4 Å². The lowest BCUT2D eigenvalue weighted by Crippen LogP contribution is -2.33. The van der Waals surface area contributed by atoms with Gasteiger partial charge in [-0.25, -0.2) is 9.18 Å². The molecule has 3 rings (SSSR count). The zero-order chi connectivity index (χ0) is 18.7. The van der Waals surface area contributed by atoms with Gasteiger partial charge >= 0.3 is 6.09 Å². The summed E-state index contributed by atoms with van der Waals surface area (Å²) >= 11 is 0. The third-order valence-electron chi connectivity index (χ3n) is 4.28. The minimum Gasteiger partial charge on any atom is -0.442 e. The third kappa shape index (κ3) is 3.56. The molecule has 9 heteroatoms. The van der Waals surface area contributed by atoms with E-state index in [1.165, 1.54) is 18.9 Å². The molecule has 0 aliphatic carbocycles. The van der Waals surface area contributed by atoms with Gasteiger partial charge in [-0.3, -0.25) is 9.69 Å². The van der Waals surface area contributed by atoms with Crippen molar-refractivity contribution in [3.8, 4) is 0 Å². The number of amidine groups is 1. The van der Waals surface area contributed by atoms with Crippen LogP contribution in [0.1, 0.15) is 12.5 Å². The molecule has 1 saturated heterocycles. The number of nitrogens with zero attached hydrogens (tertiary/aromatic N) is 3. The van der Waals surface area contributed by atoms with Gasteiger partial charge in [0.1, 0.15) is 19.9 Å². The number of oxime groups is 1. The molecular weight excluding hydrogens is 343 g/mol. The van der Waals surface area contributed by atoms with Crippen LogP contribution in [0, 0.1) is 0 Å². The quantitative estimate of drug-likeness (QED) is 0.773. The number of anilines is 2. The molecule has 1 N–H and O–H groups in total. The van der Waals surface area contributed by atoms with Gasteiger partial charge in [-0.15, -0.1) is 0 Å². The summed E-state index contributed by atoms with van der Waals surface area (Å²) in [5.41, 5.74) is 2.48. The van der Waals surface area contributed by atoms with E-state index in [0.29, 0.717) is 24.5 Å². The summed E-state index contributed by atoms with van der Waals surface area (Å²) in [5, 5.41) is 6.61. The van der Waals surface area contributed by atoms with E-state index >= 15 is 0 Å². The van der Waals surface area contributed by atoms with Crippen molar-refractivity contribution in [2.75, 3.05) is 43.2 Å². The zero-order valence-electron chi connectivity index (χ0n) is 14.7. The maximum Gasteiger partial charge on any atom is 0.414 e. The van der Waals surface area contributed by atoms with Crippen LogP contribution in [0.4, 0.5) is 20.6 Å². The van der Waals surface area contributed by atoms with Crippen LogP contribution in [0.25, 0.3) is 0 Å². The van der Waals surface area contributed by atoms with E-state index < -0.39 is 18.9 Å². The molecule has 2 heterocycles. The Balaban J connectivity index is 1.78. The molecule has 2 aliphatic heterocycles. The molecule has 0 bridgehead atoms. The second-order valence-corrected chi connectivity index (χ2v) is 6.07. The summed E-state index contributed by atoms with van der Waals surface area (Å²) in [4.78, 5) is 31.3. The lowest BCUT2D eigenvalue weighted by atomic mass is 10.1. The van der Waals surface area contributed by atoms with Crippen LogP contribution in [-0.2, 0) is 20.8 Å². The van der Waals surface area contributed by atoms with Crippen molar-refractivity contribution in [3.05, 3.63) is 23.8 Å². The first kappa shape index (κ1) is 18.0. The first-order valence-corrected chi connectivity index (χ1v) is 8.32. The molecule has 0 radical (unpaired) electrons. The smallest absolute Gasteiger partial charge is 0.414 e. The number of fused-ring (bicyclic) bond motifs is 1. The number of hydrogen-bond donors (Lipinski definition) is 1. The average Bonchev–Trinajstić information content (AvgIpc) is 3.14. The van der Waals surface area contributed by atoms with Crippen LogP contribution >= 0.6 is 0 Å². The van der Waals surface area contributed by atoms with Gasteiger partial charge in [0.05, 0.1) is 19.6 Å². The standard InChI is InChI=1S/C17H21FN4O4/c1-11(23)19-9-14-10-22(17(24)26-14)13-3-4-15-12(7-13)8-16(20-25-2)21(15)6-5-18/h3-4,7,14H,5-6,8-10H2,1-2H3,(H,19,23). The van der Waals surface area contributed by atoms with Crippen molar-refractivity contribution >= 4 is 29.2 Å². The molecule has 1 aromatic rings. The maximum atomic E-state index is 12.9. The summed E-state index contributed by atoms with van der Waals surface area (Å²) < 4.78 is 18.2. The van der Waals surface area contributed by atoms with Crippen LogP contribution in [0.15, 0.2) is 23.4 Å². The number of nitrogens with one attached hydrogen (secondary N) is 1. The topological polar surface area (TPSA) is 83.5 Å². The first-order valence-electron chi connectivity index (χ1n) is 8.32. The van der Waals surface area contributed by atoms with Gasteiger partial charge in [-0.1, -0.05) is 5.16 Å². The molecule has 0 aromatic heterocycles. The van der Waals surface area contributed by atoms with Crippen molar-refractivity contribution < 1.29 is 23.6 Å². The van der Waals surface area contributed by atoms with Crippen molar-refractivity contribution in [1.82, 2.24) is 5.32 Å². The fourth-order valence-corrected chi connectivity index (χ4v) is 3.17. The number of cyclic esters (lactones) is 1. The van der Waals surface area contributed by atoms with Gasteiger partial charge in [0.25, 0.3) is 0 Å². The Morgan fingerprint density at radius 3 is 3.00 bits per heavy atom. The highest BCUT2D eigenvalue weighted by Crippen LogP contribution is 2.34. The molecule has 1 aromatic carbocycles. The van der Waals surface area contributed by atoms with Gasteiger partial charge < -0.3 is 19.8 Å². The second kappa shape index (κ2) is 7.59. The predicted octanol–water partition coefficient (Wildman–Crippen LogP) is 1.44. The number of benzene rings is 1. The van der Waals surface area contributed by atoms with Crippen LogP contribution < -0.4 is 15.1 Å². The number of alkyl halides is 1. The molecule has 1 unspecified atom stereocenters. The normalized spacial score (nSPS) is 20.3. The minimum atomic E-state index is -0.507. The average molecular weight is 364 g/mol. The Morgan fingerprint density at radius 2 is 2.31 bits per heavy atom. The number of rotatable bonds is 6. The Hall–Kier alpha value is -2.84. The summed E-state index contributed by atoms with van der Waals surface area (Å²) in [6.45, 7) is 1.73. The minimum absolute atomic E-state index is 0.171. The molecule has 2 amide bonds. The lowest BCUT2D eigenvalue weighted by molar-refractivity contribution is -0.119. The van der Waals surface area contributed by atoms with Crippen LogP contribution in [0.5, 0.6) is 0 Å². The molecule has 0 saturated carbocycles. The van der Waals surface area contributed by atoms with Gasteiger partial charge in [-0.2, -0.15) is 0 Å². The monoisotopic (exact) mass is 364 g/mol. The van der Waals surface area contributed by atoms with Crippen molar-refractivity contribution in [2.45, 2.75) is 19.4 Å². The molecule has 140 valence electrons. The Labute approximate surface area is 150 Å². The van der Waals surface area contributed by atoms with E-state index in [-0.39, 0.29) is 19.0 Å². The van der Waals surface area contributed by atoms with E-state index in [1.54, 1.807) is 11.0 Å². The third-order valence-corrected chi connectivity index (χ3v) is 4.28. The molecule has 1 atom stereocenters. The molecular formula is C17H21FN4O4. The molecule has 0 spiro atoms. The highest BCUT2D eigenvalue weighted by molar-refractivity contribution is 6.05. The van der Waals surface area contributed by atoms with Gasteiger partial charge in [0.2, 0.25) is 5.91 Å². The fraction of sp³-hybridized carbons (Fsp3) is 0.471. The SMILES string of the molecule is CON=C1Cc2cc(N3CC(CNC(C)=O)OC3=O)ccc2N1CCF. The number of halogens is 1. The van der Waals surface area contributed by atoms with Crippen LogP contribution in [0.3, 0.4) is 0 Å². The molecule has 1 fully saturated rings. The van der Waals surface area contributed by atoms with E-state index in [1.807, 2.05) is 12.1 Å². The highest BCUT2D eigenvalue weighted by atomic mass is 19.1. The first-order chi connectivity index (χ1) is 12.5. The van der Waals surface area contributed by atoms with Crippen molar-refractivity contribution in [2.24, 2.45) is 5.16 Å². The summed E-state index contributed by atoms with van der Waals surface area (Å²) in [5.74, 6) is 0.458. The largest absolute Gasteiger partial charge is 0.442 e. The number of ether oxygens (including phenoxy) is 1. The Kier molecular flexibility index (Phi) is 5.24. The van der Waals surface area contributed by atoms with Crippen molar-refractivity contribution in [3.63, 3.8) is 0 Å². The predicted molar refractivity (Wildman–Crippen MR) is 94.2 cm³/mol. The van der Waals surface area contributed by atoms with Gasteiger partial charge in [-0.05, 0) is 23.8 Å². The molecule has 26 heavy (non-hydrogen) atoms. The second-order valence-electron chi connectivity index (χ2n) is 6.07. The molecule has 2 aliphatic rings. The Morgan fingerprint density at radius 1 is 1.50 bits per heavy atom.